The van der Waals surface area contributed by atoms with E-state index in [0.717, 1.165) is 36.2 Å². The molecule has 0 saturated carbocycles. The van der Waals surface area contributed by atoms with Gasteiger partial charge in [-0.05, 0) is 74.2 Å². The monoisotopic (exact) mass is 353 g/mol. The first kappa shape index (κ1) is 16.4. The highest BCUT2D eigenvalue weighted by atomic mass is 19.1. The van der Waals surface area contributed by atoms with E-state index in [1.807, 2.05) is 0 Å². The number of hydrogen-bond donors (Lipinski definition) is 1. The lowest BCUT2D eigenvalue weighted by molar-refractivity contribution is 0.102. The van der Waals surface area contributed by atoms with E-state index in [-0.39, 0.29) is 17.5 Å². The van der Waals surface area contributed by atoms with Gasteiger partial charge in [-0.2, -0.15) is 5.10 Å². The van der Waals surface area contributed by atoms with Crippen LogP contribution in [0.2, 0.25) is 0 Å². The largest absolute Gasteiger partial charge is 0.320 e. The summed E-state index contributed by atoms with van der Waals surface area (Å²) in [6.07, 6.45) is 2.55. The third-order valence-corrected chi connectivity index (χ3v) is 4.65. The maximum atomic E-state index is 13.3. The lowest BCUT2D eigenvalue weighted by atomic mass is 10.1. The smallest absolute Gasteiger partial charge is 0.276 e. The van der Waals surface area contributed by atoms with Gasteiger partial charge in [-0.1, -0.05) is 0 Å². The average Bonchev–Trinajstić information content (AvgIpc) is 3.20. The van der Waals surface area contributed by atoms with Gasteiger partial charge in [-0.15, -0.1) is 0 Å². The predicted molar refractivity (Wildman–Crippen MR) is 94.6 cm³/mol. The van der Waals surface area contributed by atoms with Crippen molar-refractivity contribution in [1.29, 1.82) is 0 Å². The van der Waals surface area contributed by atoms with Gasteiger partial charge in [0.25, 0.3) is 5.91 Å². The third kappa shape index (κ3) is 2.87. The molecule has 0 bridgehead atoms. The molecule has 0 saturated heterocycles. The Morgan fingerprint density at radius 1 is 1.08 bits per heavy atom. The molecule has 1 amide bonds. The molecular weight excluding hydrogens is 336 g/mol. The number of carbonyl (C=O) groups excluding carboxylic acids is 1. The Hall–Kier alpha value is -3.02. The van der Waals surface area contributed by atoms with Gasteiger partial charge in [0.15, 0.2) is 5.69 Å². The molecule has 1 aliphatic carbocycles. The fraction of sp³-hybridized carbons (Fsp3) is 0.200. The highest BCUT2D eigenvalue weighted by Crippen LogP contribution is 2.28. The van der Waals surface area contributed by atoms with Crippen LogP contribution in [-0.2, 0) is 12.8 Å². The zero-order valence-electron chi connectivity index (χ0n) is 14.2. The average molecular weight is 353 g/mol. The number of halogens is 2. The summed E-state index contributed by atoms with van der Waals surface area (Å²) < 4.78 is 28.2. The number of benzene rings is 2. The van der Waals surface area contributed by atoms with E-state index in [4.69, 9.17) is 0 Å². The van der Waals surface area contributed by atoms with Crippen molar-refractivity contribution in [3.05, 3.63) is 76.6 Å². The van der Waals surface area contributed by atoms with E-state index in [1.54, 1.807) is 29.8 Å². The molecule has 1 heterocycles. The fourth-order valence-corrected chi connectivity index (χ4v) is 3.36. The molecule has 1 aliphatic rings. The Bertz CT molecular complexity index is 993. The summed E-state index contributed by atoms with van der Waals surface area (Å²) >= 11 is 0. The van der Waals surface area contributed by atoms with Crippen molar-refractivity contribution in [3.8, 4) is 5.69 Å². The van der Waals surface area contributed by atoms with E-state index in [9.17, 15) is 13.6 Å². The van der Waals surface area contributed by atoms with E-state index in [2.05, 4.69) is 10.4 Å². The Labute approximate surface area is 149 Å². The standard InChI is InChI=1S/C20H17F2N3O/c1-12-11-14(22)7-10-17(12)23-20(26)19-16-3-2-4-18(16)25(24-19)15-8-5-13(21)6-9-15/h5-11H,2-4H2,1H3,(H,23,26). The van der Waals surface area contributed by atoms with Crippen LogP contribution in [0.5, 0.6) is 0 Å². The van der Waals surface area contributed by atoms with E-state index in [0.29, 0.717) is 16.9 Å². The van der Waals surface area contributed by atoms with Crippen molar-refractivity contribution in [2.24, 2.45) is 0 Å². The molecule has 4 nitrogen and oxygen atoms in total. The van der Waals surface area contributed by atoms with E-state index >= 15 is 0 Å². The van der Waals surface area contributed by atoms with Gasteiger partial charge in [0.2, 0.25) is 0 Å². The Kier molecular flexibility index (Phi) is 4.03. The molecule has 0 aliphatic heterocycles. The summed E-state index contributed by atoms with van der Waals surface area (Å²) in [5.41, 5.74) is 4.20. The van der Waals surface area contributed by atoms with Gasteiger partial charge in [0.05, 0.1) is 5.69 Å². The van der Waals surface area contributed by atoms with Crippen molar-refractivity contribution < 1.29 is 13.6 Å². The highest BCUT2D eigenvalue weighted by Gasteiger charge is 2.27. The Morgan fingerprint density at radius 3 is 2.54 bits per heavy atom. The molecule has 0 unspecified atom stereocenters. The molecule has 3 aromatic rings. The second-order valence-corrected chi connectivity index (χ2v) is 6.43. The maximum Gasteiger partial charge on any atom is 0.276 e. The van der Waals surface area contributed by atoms with Crippen LogP contribution in [0, 0.1) is 18.6 Å². The first-order valence-corrected chi connectivity index (χ1v) is 8.47. The topological polar surface area (TPSA) is 46.9 Å². The first-order chi connectivity index (χ1) is 12.5. The van der Waals surface area contributed by atoms with Gasteiger partial charge in [0, 0.05) is 16.9 Å². The summed E-state index contributed by atoms with van der Waals surface area (Å²) in [7, 11) is 0. The van der Waals surface area contributed by atoms with Crippen LogP contribution in [0.3, 0.4) is 0 Å². The number of fused-ring (bicyclic) bond motifs is 1. The van der Waals surface area contributed by atoms with Gasteiger partial charge < -0.3 is 5.32 Å². The number of hydrogen-bond acceptors (Lipinski definition) is 2. The SMILES string of the molecule is Cc1cc(F)ccc1NC(=O)c1nn(-c2ccc(F)cc2)c2c1CCC2. The molecular formula is C20H17F2N3O. The molecule has 1 N–H and O–H groups in total. The molecule has 4 rings (SSSR count). The summed E-state index contributed by atoms with van der Waals surface area (Å²) in [5, 5.41) is 7.30. The van der Waals surface area contributed by atoms with Crippen LogP contribution in [0.4, 0.5) is 14.5 Å². The van der Waals surface area contributed by atoms with Crippen LogP contribution in [0.1, 0.15) is 33.7 Å². The molecule has 0 fully saturated rings. The Morgan fingerprint density at radius 2 is 1.81 bits per heavy atom. The summed E-state index contributed by atoms with van der Waals surface area (Å²) in [5.74, 6) is -0.983. The molecule has 2 aromatic carbocycles. The number of carbonyl (C=O) groups is 1. The molecule has 132 valence electrons. The number of nitrogens with one attached hydrogen (secondary N) is 1. The fourth-order valence-electron chi connectivity index (χ4n) is 3.36. The van der Waals surface area contributed by atoms with Crippen molar-refractivity contribution >= 4 is 11.6 Å². The van der Waals surface area contributed by atoms with Crippen molar-refractivity contribution in [2.45, 2.75) is 26.2 Å². The van der Waals surface area contributed by atoms with Gasteiger partial charge in [-0.25, -0.2) is 13.5 Å². The number of aromatic nitrogens is 2. The number of nitrogens with zero attached hydrogens (tertiary/aromatic N) is 2. The summed E-state index contributed by atoms with van der Waals surface area (Å²) in [4.78, 5) is 12.8. The second kappa shape index (κ2) is 6.37. The molecule has 6 heteroatoms. The number of aryl methyl sites for hydroxylation is 1. The predicted octanol–water partition coefficient (Wildman–Crippen LogP) is 4.20. The number of anilines is 1. The van der Waals surface area contributed by atoms with Crippen LogP contribution in [-0.4, -0.2) is 15.7 Å². The zero-order chi connectivity index (χ0) is 18.3. The minimum Gasteiger partial charge on any atom is -0.320 e. The number of amides is 1. The minimum atomic E-state index is -0.345. The quantitative estimate of drug-likeness (QED) is 0.767. The van der Waals surface area contributed by atoms with Gasteiger partial charge in [0.1, 0.15) is 11.6 Å². The van der Waals surface area contributed by atoms with Gasteiger partial charge >= 0.3 is 0 Å². The summed E-state index contributed by atoms with van der Waals surface area (Å²) in [6.45, 7) is 1.74. The van der Waals surface area contributed by atoms with Crippen LogP contribution < -0.4 is 5.32 Å². The third-order valence-electron chi connectivity index (χ3n) is 4.65. The van der Waals surface area contributed by atoms with E-state index < -0.39 is 0 Å². The van der Waals surface area contributed by atoms with Gasteiger partial charge in [-0.3, -0.25) is 4.79 Å². The van der Waals surface area contributed by atoms with Crippen LogP contribution in [0.15, 0.2) is 42.5 Å². The zero-order valence-corrected chi connectivity index (χ0v) is 14.2. The summed E-state index contributed by atoms with van der Waals surface area (Å²) in [6, 6.07) is 10.3. The van der Waals surface area contributed by atoms with Crippen molar-refractivity contribution in [2.75, 3.05) is 5.32 Å². The Balaban J connectivity index is 1.69. The highest BCUT2D eigenvalue weighted by molar-refractivity contribution is 6.04. The van der Waals surface area contributed by atoms with Crippen molar-refractivity contribution in [3.63, 3.8) is 0 Å². The lowest BCUT2D eigenvalue weighted by Gasteiger charge is -2.08. The first-order valence-electron chi connectivity index (χ1n) is 8.47. The molecule has 0 spiro atoms. The lowest BCUT2D eigenvalue weighted by Crippen LogP contribution is -2.15. The molecule has 0 atom stereocenters. The molecule has 1 aromatic heterocycles. The normalized spacial score (nSPS) is 12.9. The molecule has 26 heavy (non-hydrogen) atoms. The number of rotatable bonds is 3. The van der Waals surface area contributed by atoms with Crippen LogP contribution >= 0.6 is 0 Å². The van der Waals surface area contributed by atoms with Crippen LogP contribution in [0.25, 0.3) is 5.69 Å². The minimum absolute atomic E-state index is 0.317. The maximum absolute atomic E-state index is 13.3. The van der Waals surface area contributed by atoms with Crippen molar-refractivity contribution in [1.82, 2.24) is 9.78 Å². The molecule has 0 radical (unpaired) electrons. The van der Waals surface area contributed by atoms with E-state index in [1.165, 1.54) is 24.3 Å². The second-order valence-electron chi connectivity index (χ2n) is 6.43.